The number of para-hydroxylation sites is 1. The Balaban J connectivity index is 1.63. The van der Waals surface area contributed by atoms with Crippen LogP contribution in [0, 0.1) is 11.3 Å². The summed E-state index contributed by atoms with van der Waals surface area (Å²) in [5.41, 5.74) is 1.22. The molecule has 0 bridgehead atoms. The summed E-state index contributed by atoms with van der Waals surface area (Å²) in [6, 6.07) is 9.96. The highest BCUT2D eigenvalue weighted by Gasteiger charge is 2.21. The summed E-state index contributed by atoms with van der Waals surface area (Å²) in [5, 5.41) is 14.1. The molecule has 1 unspecified atom stereocenters. The molecule has 0 spiro atoms. The summed E-state index contributed by atoms with van der Waals surface area (Å²) in [5.74, 6) is 0.846. The Hall–Kier alpha value is -2.06. The van der Waals surface area contributed by atoms with Gasteiger partial charge < -0.3 is 15.4 Å². The minimum Gasteiger partial charge on any atom is -0.488 e. The van der Waals surface area contributed by atoms with E-state index in [2.05, 4.69) is 16.7 Å². The lowest BCUT2D eigenvalue weighted by Gasteiger charge is -2.11. The number of benzene rings is 1. The van der Waals surface area contributed by atoms with Crippen LogP contribution < -0.4 is 15.4 Å². The zero-order valence-corrected chi connectivity index (χ0v) is 10.7. The van der Waals surface area contributed by atoms with E-state index in [1.54, 1.807) is 0 Å². The quantitative estimate of drug-likeness (QED) is 0.734. The molecule has 0 fully saturated rings. The number of fused-ring (bicyclic) bond motifs is 1. The van der Waals surface area contributed by atoms with Crippen molar-refractivity contribution in [3.8, 4) is 11.8 Å². The standard InChI is InChI=1S/C14H17N3O2/c15-6-3-7-17-14(18)10-16-9-12-8-11-4-1-2-5-13(11)19-12/h1-2,4-5,12,16H,3,7-10H2,(H,17,18). The molecule has 1 aliphatic heterocycles. The third-order valence-electron chi connectivity index (χ3n) is 2.93. The van der Waals surface area contributed by atoms with Gasteiger partial charge in [0.1, 0.15) is 11.9 Å². The van der Waals surface area contributed by atoms with Crippen molar-refractivity contribution >= 4 is 5.91 Å². The van der Waals surface area contributed by atoms with E-state index in [0.29, 0.717) is 19.5 Å². The zero-order valence-electron chi connectivity index (χ0n) is 10.7. The van der Waals surface area contributed by atoms with Gasteiger partial charge in [-0.05, 0) is 11.6 Å². The molecule has 1 heterocycles. The smallest absolute Gasteiger partial charge is 0.233 e. The predicted molar refractivity (Wildman–Crippen MR) is 70.7 cm³/mol. The molecule has 0 aromatic heterocycles. The monoisotopic (exact) mass is 259 g/mol. The van der Waals surface area contributed by atoms with Crippen LogP contribution in [0.2, 0.25) is 0 Å². The topological polar surface area (TPSA) is 74.2 Å². The Morgan fingerprint density at radius 3 is 3.11 bits per heavy atom. The number of carbonyl (C=O) groups excluding carboxylic acids is 1. The lowest BCUT2D eigenvalue weighted by Crippen LogP contribution is -2.38. The first-order valence-corrected chi connectivity index (χ1v) is 6.38. The van der Waals surface area contributed by atoms with E-state index >= 15 is 0 Å². The Morgan fingerprint density at radius 1 is 1.47 bits per heavy atom. The maximum atomic E-state index is 11.4. The second kappa shape index (κ2) is 6.76. The van der Waals surface area contributed by atoms with Gasteiger partial charge in [0.2, 0.25) is 5.91 Å². The molecule has 19 heavy (non-hydrogen) atoms. The van der Waals surface area contributed by atoms with E-state index < -0.39 is 0 Å². The molecular weight excluding hydrogens is 242 g/mol. The summed E-state index contributed by atoms with van der Waals surface area (Å²) < 4.78 is 5.75. The zero-order chi connectivity index (χ0) is 13.5. The molecule has 100 valence electrons. The Labute approximate surface area is 112 Å². The first-order chi connectivity index (χ1) is 9.29. The van der Waals surface area contributed by atoms with Crippen molar-refractivity contribution in [1.29, 1.82) is 5.26 Å². The van der Waals surface area contributed by atoms with Gasteiger partial charge in [-0.3, -0.25) is 4.79 Å². The summed E-state index contributed by atoms with van der Waals surface area (Å²) >= 11 is 0. The van der Waals surface area contributed by atoms with E-state index in [9.17, 15) is 4.79 Å². The molecule has 1 aliphatic rings. The molecule has 1 aromatic carbocycles. The first kappa shape index (κ1) is 13.4. The van der Waals surface area contributed by atoms with Gasteiger partial charge in [0.05, 0.1) is 19.0 Å². The fraction of sp³-hybridized carbons (Fsp3) is 0.429. The maximum absolute atomic E-state index is 11.4. The summed E-state index contributed by atoms with van der Waals surface area (Å²) in [7, 11) is 0. The van der Waals surface area contributed by atoms with Crippen molar-refractivity contribution in [3.63, 3.8) is 0 Å². The van der Waals surface area contributed by atoms with E-state index in [1.165, 1.54) is 5.56 Å². The largest absolute Gasteiger partial charge is 0.488 e. The Kier molecular flexibility index (Phi) is 4.76. The van der Waals surface area contributed by atoms with E-state index in [0.717, 1.165) is 12.2 Å². The van der Waals surface area contributed by atoms with Crippen molar-refractivity contribution in [3.05, 3.63) is 29.8 Å². The molecule has 0 saturated heterocycles. The SMILES string of the molecule is N#CCCNC(=O)CNCC1Cc2ccccc2O1. The highest BCUT2D eigenvalue weighted by Crippen LogP contribution is 2.27. The summed E-state index contributed by atoms with van der Waals surface area (Å²) in [6.07, 6.45) is 1.30. The van der Waals surface area contributed by atoms with Crippen molar-refractivity contribution in [2.45, 2.75) is 18.9 Å². The average Bonchev–Trinajstić information content (AvgIpc) is 2.81. The van der Waals surface area contributed by atoms with Gasteiger partial charge in [0.25, 0.3) is 0 Å². The molecule has 0 aliphatic carbocycles. The minimum absolute atomic E-state index is 0.0873. The molecule has 1 amide bonds. The molecule has 0 saturated carbocycles. The fourth-order valence-corrected chi connectivity index (χ4v) is 2.03. The van der Waals surface area contributed by atoms with Crippen LogP contribution in [0.3, 0.4) is 0 Å². The lowest BCUT2D eigenvalue weighted by atomic mass is 10.1. The van der Waals surface area contributed by atoms with Crippen molar-refractivity contribution < 1.29 is 9.53 Å². The maximum Gasteiger partial charge on any atom is 0.233 e. The number of nitrogens with one attached hydrogen (secondary N) is 2. The summed E-state index contributed by atoms with van der Waals surface area (Å²) in [6.45, 7) is 1.30. The third-order valence-corrected chi connectivity index (χ3v) is 2.93. The number of nitrogens with zero attached hydrogens (tertiary/aromatic N) is 1. The average molecular weight is 259 g/mol. The highest BCUT2D eigenvalue weighted by molar-refractivity contribution is 5.77. The van der Waals surface area contributed by atoms with Crippen LogP contribution >= 0.6 is 0 Å². The number of rotatable bonds is 6. The molecule has 2 N–H and O–H groups in total. The number of hydrogen-bond donors (Lipinski definition) is 2. The number of hydrogen-bond acceptors (Lipinski definition) is 4. The van der Waals surface area contributed by atoms with Crippen molar-refractivity contribution in [2.24, 2.45) is 0 Å². The molecule has 1 aromatic rings. The van der Waals surface area contributed by atoms with Gasteiger partial charge in [-0.15, -0.1) is 0 Å². The Bertz CT molecular complexity index is 457. The molecule has 5 nitrogen and oxygen atoms in total. The summed E-state index contributed by atoms with van der Waals surface area (Å²) in [4.78, 5) is 11.4. The molecule has 0 radical (unpaired) electrons. The fourth-order valence-electron chi connectivity index (χ4n) is 2.03. The van der Waals surface area contributed by atoms with E-state index in [4.69, 9.17) is 10.00 Å². The number of nitriles is 1. The molecule has 2 rings (SSSR count). The van der Waals surface area contributed by atoms with Crippen LogP contribution in [-0.2, 0) is 11.2 Å². The van der Waals surface area contributed by atoms with E-state index in [1.807, 2.05) is 24.3 Å². The van der Waals surface area contributed by atoms with Crippen LogP contribution in [0.15, 0.2) is 24.3 Å². The van der Waals surface area contributed by atoms with Crippen LogP contribution in [0.1, 0.15) is 12.0 Å². The van der Waals surface area contributed by atoms with Crippen LogP contribution in [0.5, 0.6) is 5.75 Å². The molecule has 1 atom stereocenters. The second-order valence-corrected chi connectivity index (χ2v) is 4.44. The lowest BCUT2D eigenvalue weighted by molar-refractivity contribution is -0.120. The van der Waals surface area contributed by atoms with Crippen LogP contribution in [-0.4, -0.2) is 31.6 Å². The van der Waals surface area contributed by atoms with Gasteiger partial charge in [0.15, 0.2) is 0 Å². The van der Waals surface area contributed by atoms with Gasteiger partial charge in [0, 0.05) is 19.5 Å². The minimum atomic E-state index is -0.0919. The number of amides is 1. The van der Waals surface area contributed by atoms with Crippen molar-refractivity contribution in [1.82, 2.24) is 10.6 Å². The normalized spacial score (nSPS) is 16.3. The molecular formula is C14H17N3O2. The van der Waals surface area contributed by atoms with Gasteiger partial charge in [-0.25, -0.2) is 0 Å². The predicted octanol–water partition coefficient (Wildman–Crippen LogP) is 0.610. The van der Waals surface area contributed by atoms with Crippen LogP contribution in [0.4, 0.5) is 0 Å². The number of ether oxygens (including phenoxy) is 1. The first-order valence-electron chi connectivity index (χ1n) is 6.38. The third kappa shape index (κ3) is 3.97. The van der Waals surface area contributed by atoms with Gasteiger partial charge >= 0.3 is 0 Å². The molecule has 5 heteroatoms. The van der Waals surface area contributed by atoms with Crippen molar-refractivity contribution in [2.75, 3.05) is 19.6 Å². The van der Waals surface area contributed by atoms with E-state index in [-0.39, 0.29) is 18.6 Å². The van der Waals surface area contributed by atoms with Gasteiger partial charge in [-0.1, -0.05) is 18.2 Å². The second-order valence-electron chi connectivity index (χ2n) is 4.44. The Morgan fingerprint density at radius 2 is 2.32 bits per heavy atom. The number of carbonyl (C=O) groups is 1. The van der Waals surface area contributed by atoms with Crippen LogP contribution in [0.25, 0.3) is 0 Å². The van der Waals surface area contributed by atoms with Gasteiger partial charge in [-0.2, -0.15) is 5.26 Å². The highest BCUT2D eigenvalue weighted by atomic mass is 16.5.